The fraction of sp³-hybridized carbons (Fsp3) is 0.0870. The number of rotatable bonds is 5. The largest absolute Gasteiger partial charge is 0.330 e. The first-order valence-corrected chi connectivity index (χ1v) is 8.98. The minimum Gasteiger partial charge on any atom is -0.330 e. The summed E-state index contributed by atoms with van der Waals surface area (Å²) in [6.07, 6.45) is 6.22. The molecule has 0 spiro atoms. The Morgan fingerprint density at radius 1 is 0.929 bits per heavy atom. The molecule has 0 bridgehead atoms. The van der Waals surface area contributed by atoms with Crippen molar-refractivity contribution in [1.82, 2.24) is 14.1 Å². The predicted octanol–water partition coefficient (Wildman–Crippen LogP) is 3.54. The molecule has 0 unspecified atom stereocenters. The number of nitriles is 1. The highest BCUT2D eigenvalue weighted by molar-refractivity contribution is 5.36. The van der Waals surface area contributed by atoms with Gasteiger partial charge in [-0.1, -0.05) is 30.3 Å². The summed E-state index contributed by atoms with van der Waals surface area (Å²) in [5, 5.41) is 8.92. The maximum absolute atomic E-state index is 12.0. The lowest BCUT2D eigenvalue weighted by molar-refractivity contribution is 0.753. The molecule has 2 aromatic carbocycles. The third-order valence-corrected chi connectivity index (χ3v) is 4.66. The molecule has 0 saturated heterocycles. The minimum atomic E-state index is -0.0467. The molecule has 0 aliphatic rings. The van der Waals surface area contributed by atoms with Crippen LogP contribution in [-0.4, -0.2) is 14.1 Å². The Hall–Kier alpha value is -3.91. The molecule has 0 fully saturated rings. The number of imidazole rings is 1. The predicted molar refractivity (Wildman–Crippen MR) is 107 cm³/mol. The topological polar surface area (TPSA) is 63.6 Å². The van der Waals surface area contributed by atoms with E-state index in [-0.39, 0.29) is 5.56 Å². The summed E-state index contributed by atoms with van der Waals surface area (Å²) in [6.45, 7) is 0.704. The highest BCUT2D eigenvalue weighted by Gasteiger charge is 2.06. The van der Waals surface area contributed by atoms with Gasteiger partial charge in [-0.15, -0.1) is 0 Å². The van der Waals surface area contributed by atoms with Crippen LogP contribution in [0.5, 0.6) is 0 Å². The van der Waals surface area contributed by atoms with E-state index >= 15 is 0 Å². The van der Waals surface area contributed by atoms with Gasteiger partial charge in [0.2, 0.25) is 0 Å². The zero-order valence-electron chi connectivity index (χ0n) is 15.2. The minimum absolute atomic E-state index is 0.0467. The van der Waals surface area contributed by atoms with Crippen LogP contribution in [0.2, 0.25) is 0 Å². The second-order valence-corrected chi connectivity index (χ2v) is 6.57. The molecule has 0 radical (unpaired) electrons. The molecular formula is C23H18N4O. The molecular weight excluding hydrogens is 348 g/mol. The summed E-state index contributed by atoms with van der Waals surface area (Å²) in [7, 11) is 0. The second-order valence-electron chi connectivity index (χ2n) is 6.57. The van der Waals surface area contributed by atoms with Gasteiger partial charge >= 0.3 is 0 Å². The number of pyridine rings is 1. The molecule has 0 N–H and O–H groups in total. The van der Waals surface area contributed by atoms with Crippen LogP contribution in [0, 0.1) is 11.3 Å². The van der Waals surface area contributed by atoms with Crippen molar-refractivity contribution in [2.75, 3.05) is 0 Å². The molecule has 4 aromatic rings. The van der Waals surface area contributed by atoms with E-state index in [1.807, 2.05) is 67.1 Å². The van der Waals surface area contributed by atoms with Crippen molar-refractivity contribution in [3.8, 4) is 11.8 Å². The maximum atomic E-state index is 12.0. The summed E-state index contributed by atoms with van der Waals surface area (Å²) < 4.78 is 3.74. The van der Waals surface area contributed by atoms with Crippen LogP contribution in [0.15, 0.2) is 90.2 Å². The highest BCUT2D eigenvalue weighted by atomic mass is 16.1. The van der Waals surface area contributed by atoms with Crippen molar-refractivity contribution in [3.63, 3.8) is 0 Å². The van der Waals surface area contributed by atoms with Gasteiger partial charge in [0.15, 0.2) is 0 Å². The molecule has 0 saturated carbocycles. The standard InChI is InChI=1S/C23H18N4O/c24-14-19-6-4-18(5-7-19)13-22-15-25-17-26(22)16-20-8-10-21(11-9-20)27-12-2-1-3-23(27)28/h1-12,15,17H,13,16H2. The SMILES string of the molecule is N#Cc1ccc(Cc2cncn2Cc2ccc(-n3ccccc3=O)cc2)cc1. The molecule has 0 aliphatic heterocycles. The van der Waals surface area contributed by atoms with Crippen molar-refractivity contribution in [2.45, 2.75) is 13.0 Å². The first-order chi connectivity index (χ1) is 13.7. The Bertz CT molecular complexity index is 1180. The first kappa shape index (κ1) is 17.5. The van der Waals surface area contributed by atoms with Gasteiger partial charge in [-0.25, -0.2) is 4.98 Å². The monoisotopic (exact) mass is 366 g/mol. The normalized spacial score (nSPS) is 10.5. The summed E-state index contributed by atoms with van der Waals surface area (Å²) in [5.74, 6) is 0. The lowest BCUT2D eigenvalue weighted by atomic mass is 10.1. The van der Waals surface area contributed by atoms with E-state index in [0.29, 0.717) is 12.1 Å². The highest BCUT2D eigenvalue weighted by Crippen LogP contribution is 2.14. The third kappa shape index (κ3) is 3.76. The molecule has 2 aromatic heterocycles. The summed E-state index contributed by atoms with van der Waals surface area (Å²) in [4.78, 5) is 16.2. The lowest BCUT2D eigenvalue weighted by Gasteiger charge is -2.10. The molecule has 0 aliphatic carbocycles. The molecule has 28 heavy (non-hydrogen) atoms. The van der Waals surface area contributed by atoms with Crippen molar-refractivity contribution >= 4 is 0 Å². The van der Waals surface area contributed by atoms with Crippen LogP contribution < -0.4 is 5.56 Å². The Balaban J connectivity index is 1.51. The van der Waals surface area contributed by atoms with Gasteiger partial charge in [-0.2, -0.15) is 5.26 Å². The Kier molecular flexibility index (Phi) is 4.85. The number of nitrogens with zero attached hydrogens (tertiary/aromatic N) is 4. The van der Waals surface area contributed by atoms with E-state index in [9.17, 15) is 4.79 Å². The van der Waals surface area contributed by atoms with Crippen LogP contribution in [0.1, 0.15) is 22.4 Å². The average Bonchev–Trinajstić information content (AvgIpc) is 3.16. The summed E-state index contributed by atoms with van der Waals surface area (Å²) >= 11 is 0. The van der Waals surface area contributed by atoms with Gasteiger partial charge in [0.1, 0.15) is 0 Å². The third-order valence-electron chi connectivity index (χ3n) is 4.66. The van der Waals surface area contributed by atoms with Gasteiger partial charge in [-0.05, 0) is 41.5 Å². The van der Waals surface area contributed by atoms with Gasteiger partial charge < -0.3 is 4.57 Å². The zero-order chi connectivity index (χ0) is 19.3. The van der Waals surface area contributed by atoms with Gasteiger partial charge in [0, 0.05) is 42.8 Å². The molecule has 0 amide bonds. The number of hydrogen-bond donors (Lipinski definition) is 0. The van der Waals surface area contributed by atoms with Gasteiger partial charge in [0.25, 0.3) is 5.56 Å². The quantitative estimate of drug-likeness (QED) is 0.543. The smallest absolute Gasteiger partial charge is 0.255 e. The number of benzene rings is 2. The molecule has 5 nitrogen and oxygen atoms in total. The molecule has 4 rings (SSSR count). The van der Waals surface area contributed by atoms with E-state index in [2.05, 4.69) is 15.6 Å². The van der Waals surface area contributed by atoms with Crippen LogP contribution >= 0.6 is 0 Å². The molecule has 136 valence electrons. The van der Waals surface area contributed by atoms with E-state index in [0.717, 1.165) is 28.9 Å². The van der Waals surface area contributed by atoms with Gasteiger partial charge in [0.05, 0.1) is 18.0 Å². The summed E-state index contributed by atoms with van der Waals surface area (Å²) in [5.41, 5.74) is 4.83. The van der Waals surface area contributed by atoms with E-state index in [1.54, 1.807) is 22.9 Å². The zero-order valence-corrected chi connectivity index (χ0v) is 15.2. The van der Waals surface area contributed by atoms with Crippen LogP contribution in [0.4, 0.5) is 0 Å². The Labute approximate surface area is 162 Å². The van der Waals surface area contributed by atoms with Crippen LogP contribution in [0.25, 0.3) is 5.69 Å². The molecule has 2 heterocycles. The van der Waals surface area contributed by atoms with Crippen molar-refractivity contribution < 1.29 is 0 Å². The fourth-order valence-corrected chi connectivity index (χ4v) is 3.14. The van der Waals surface area contributed by atoms with Crippen LogP contribution in [0.3, 0.4) is 0 Å². The molecule has 0 atom stereocenters. The maximum Gasteiger partial charge on any atom is 0.255 e. The van der Waals surface area contributed by atoms with E-state index in [1.165, 1.54) is 0 Å². The van der Waals surface area contributed by atoms with Crippen molar-refractivity contribution in [3.05, 3.63) is 118 Å². The number of aromatic nitrogens is 3. The first-order valence-electron chi connectivity index (χ1n) is 8.98. The van der Waals surface area contributed by atoms with E-state index in [4.69, 9.17) is 5.26 Å². The fourth-order valence-electron chi connectivity index (χ4n) is 3.14. The van der Waals surface area contributed by atoms with Crippen molar-refractivity contribution in [2.24, 2.45) is 0 Å². The summed E-state index contributed by atoms with van der Waals surface area (Å²) in [6, 6.07) is 22.8. The lowest BCUT2D eigenvalue weighted by Crippen LogP contribution is -2.15. The Morgan fingerprint density at radius 2 is 1.68 bits per heavy atom. The second kappa shape index (κ2) is 7.77. The average molecular weight is 366 g/mol. The van der Waals surface area contributed by atoms with Crippen molar-refractivity contribution in [1.29, 1.82) is 5.26 Å². The Morgan fingerprint density at radius 3 is 2.39 bits per heavy atom. The van der Waals surface area contributed by atoms with E-state index < -0.39 is 0 Å². The molecule has 5 heteroatoms. The number of hydrogen-bond acceptors (Lipinski definition) is 3. The van der Waals surface area contributed by atoms with Crippen LogP contribution in [-0.2, 0) is 13.0 Å². The van der Waals surface area contributed by atoms with Gasteiger partial charge in [-0.3, -0.25) is 9.36 Å².